The van der Waals surface area contributed by atoms with Gasteiger partial charge in [0.15, 0.2) is 0 Å². The second-order valence-corrected chi connectivity index (χ2v) is 7.81. The highest BCUT2D eigenvalue weighted by Crippen LogP contribution is 2.28. The molecule has 0 atom stereocenters. The zero-order valence-corrected chi connectivity index (χ0v) is 16.5. The molecule has 1 aromatic rings. The molecule has 1 aromatic carbocycles. The molecule has 0 radical (unpaired) electrons. The van der Waals surface area contributed by atoms with Crippen molar-refractivity contribution in [1.29, 1.82) is 5.41 Å². The number of piperidine rings is 1. The molecule has 7 heteroatoms. The van der Waals surface area contributed by atoms with Crippen LogP contribution in [-0.2, 0) is 14.3 Å². The largest absolute Gasteiger partial charge is 0.495 e. The summed E-state index contributed by atoms with van der Waals surface area (Å²) in [6.07, 6.45) is 8.47. The van der Waals surface area contributed by atoms with Crippen molar-refractivity contribution in [2.75, 3.05) is 37.4 Å². The maximum atomic E-state index is 10.7. The fourth-order valence-electron chi connectivity index (χ4n) is 4.04. The van der Waals surface area contributed by atoms with Crippen LogP contribution in [0.5, 0.6) is 0 Å². The van der Waals surface area contributed by atoms with Gasteiger partial charge < -0.3 is 20.5 Å². The number of likely N-dealkylation sites (tertiary alicyclic amines) is 1. The summed E-state index contributed by atoms with van der Waals surface area (Å²) in [7, 11) is 0. The van der Waals surface area contributed by atoms with E-state index in [9.17, 15) is 4.79 Å². The molecule has 4 rings (SSSR count). The zero-order chi connectivity index (χ0) is 20.2. The van der Waals surface area contributed by atoms with Gasteiger partial charge in [-0.1, -0.05) is 6.08 Å². The van der Waals surface area contributed by atoms with Gasteiger partial charge in [0.25, 0.3) is 0 Å². The third-order valence-corrected chi connectivity index (χ3v) is 5.91. The highest BCUT2D eigenvalue weighted by molar-refractivity contribution is 6.14. The van der Waals surface area contributed by atoms with Gasteiger partial charge in [-0.2, -0.15) is 0 Å². The Balaban J connectivity index is 1.35. The van der Waals surface area contributed by atoms with Crippen LogP contribution in [0.3, 0.4) is 0 Å². The number of hydrogen-bond donors (Lipinski definition) is 3. The Morgan fingerprint density at radius 2 is 2.03 bits per heavy atom. The average molecular weight is 396 g/mol. The Labute approximate surface area is 171 Å². The van der Waals surface area contributed by atoms with E-state index in [1.165, 1.54) is 0 Å². The first-order chi connectivity index (χ1) is 14.1. The van der Waals surface area contributed by atoms with E-state index in [0.717, 1.165) is 63.3 Å². The zero-order valence-electron chi connectivity index (χ0n) is 16.5. The van der Waals surface area contributed by atoms with E-state index in [-0.39, 0.29) is 6.10 Å². The lowest BCUT2D eigenvalue weighted by Gasteiger charge is -2.41. The molecule has 0 saturated carbocycles. The van der Waals surface area contributed by atoms with Crippen LogP contribution < -0.4 is 11.1 Å². The number of benzene rings is 1. The fraction of sp³-hybridized carbons (Fsp3) is 0.455. The maximum Gasteiger partial charge on any atom is 0.211 e. The lowest BCUT2D eigenvalue weighted by molar-refractivity contribution is -0.105. The van der Waals surface area contributed by atoms with Crippen LogP contribution in [-0.4, -0.2) is 55.5 Å². The first-order valence-electron chi connectivity index (χ1n) is 10.2. The minimum absolute atomic E-state index is 0.273. The van der Waals surface area contributed by atoms with Gasteiger partial charge in [-0.15, -0.1) is 0 Å². The van der Waals surface area contributed by atoms with Crippen LogP contribution in [0.25, 0.3) is 0 Å². The highest BCUT2D eigenvalue weighted by Gasteiger charge is 2.30. The second-order valence-electron chi connectivity index (χ2n) is 7.81. The number of nitrogen functional groups attached to an aromatic ring is 1. The summed E-state index contributed by atoms with van der Waals surface area (Å²) in [5, 5.41) is 11.2. The monoisotopic (exact) mass is 396 g/mol. The van der Waals surface area contributed by atoms with E-state index in [0.29, 0.717) is 35.1 Å². The van der Waals surface area contributed by atoms with Crippen LogP contribution in [0, 0.1) is 5.41 Å². The van der Waals surface area contributed by atoms with E-state index >= 15 is 0 Å². The highest BCUT2D eigenvalue weighted by atomic mass is 16.5. The summed E-state index contributed by atoms with van der Waals surface area (Å²) in [6, 6.07) is 5.79. The third-order valence-electron chi connectivity index (χ3n) is 5.91. The molecule has 0 bridgehead atoms. The first-order valence-corrected chi connectivity index (χ1v) is 10.2. The predicted molar refractivity (Wildman–Crippen MR) is 113 cm³/mol. The summed E-state index contributed by atoms with van der Waals surface area (Å²) < 4.78 is 11.5. The molecular formula is C22H28N4O3. The predicted octanol–water partition coefficient (Wildman–Crippen LogP) is 2.69. The number of ether oxygens (including phenoxy) is 2. The van der Waals surface area contributed by atoms with Crippen molar-refractivity contribution >= 4 is 23.5 Å². The molecule has 29 heavy (non-hydrogen) atoms. The molecule has 154 valence electrons. The summed E-state index contributed by atoms with van der Waals surface area (Å²) in [5.74, 6) is 0.997. The minimum Gasteiger partial charge on any atom is -0.495 e. The van der Waals surface area contributed by atoms with Crippen molar-refractivity contribution in [2.45, 2.75) is 37.8 Å². The van der Waals surface area contributed by atoms with Crippen LogP contribution in [0.1, 0.15) is 31.2 Å². The lowest BCUT2D eigenvalue weighted by atomic mass is 9.93. The van der Waals surface area contributed by atoms with E-state index < -0.39 is 0 Å². The summed E-state index contributed by atoms with van der Waals surface area (Å²) in [4.78, 5) is 13.2. The molecule has 3 aliphatic rings. The molecule has 1 amide bonds. The van der Waals surface area contributed by atoms with Gasteiger partial charge in [-0.25, -0.2) is 0 Å². The quantitative estimate of drug-likeness (QED) is 0.374. The van der Waals surface area contributed by atoms with E-state index in [1.54, 1.807) is 18.2 Å². The Morgan fingerprint density at radius 3 is 2.66 bits per heavy atom. The number of anilines is 2. The SMILES string of the molecule is N=C(C1=CC=C(OC2CCN(C3COC3)CC2)CC1)c1cc(NC=O)ccc1N. The summed E-state index contributed by atoms with van der Waals surface area (Å²) in [5.41, 5.74) is 9.16. The van der Waals surface area contributed by atoms with Crippen LogP contribution in [0.2, 0.25) is 0 Å². The van der Waals surface area contributed by atoms with Gasteiger partial charge >= 0.3 is 0 Å². The van der Waals surface area contributed by atoms with Crippen molar-refractivity contribution in [1.82, 2.24) is 4.90 Å². The standard InChI is InChI=1S/C22H28N4O3/c23-21-6-3-16(25-14-27)11-20(21)22(24)15-1-4-18(5-2-15)29-19-7-9-26(10-8-19)17-12-28-13-17/h1,3-4,6,11,14,17,19,24H,2,5,7-10,12-13,23H2,(H,25,27). The molecule has 0 aromatic heterocycles. The van der Waals surface area contributed by atoms with Crippen molar-refractivity contribution in [3.05, 3.63) is 47.2 Å². The Morgan fingerprint density at radius 1 is 1.24 bits per heavy atom. The van der Waals surface area contributed by atoms with Gasteiger partial charge in [0.05, 0.1) is 30.7 Å². The Kier molecular flexibility index (Phi) is 5.97. The molecule has 7 nitrogen and oxygen atoms in total. The van der Waals surface area contributed by atoms with Gasteiger partial charge in [0, 0.05) is 36.4 Å². The molecule has 0 unspecified atom stereocenters. The lowest BCUT2D eigenvalue weighted by Crippen LogP contribution is -2.52. The maximum absolute atomic E-state index is 10.7. The van der Waals surface area contributed by atoms with Gasteiger partial charge in [0.1, 0.15) is 6.10 Å². The smallest absolute Gasteiger partial charge is 0.211 e. The van der Waals surface area contributed by atoms with Crippen molar-refractivity contribution in [3.8, 4) is 0 Å². The normalized spacial score (nSPS) is 21.0. The molecule has 4 N–H and O–H groups in total. The minimum atomic E-state index is 0.273. The van der Waals surface area contributed by atoms with Gasteiger partial charge in [-0.3, -0.25) is 15.1 Å². The molecule has 2 aliphatic heterocycles. The molecule has 2 heterocycles. The number of allylic oxidation sites excluding steroid dienone is 4. The molecule has 2 fully saturated rings. The van der Waals surface area contributed by atoms with E-state index in [1.807, 2.05) is 12.2 Å². The number of nitrogens with one attached hydrogen (secondary N) is 2. The number of rotatable bonds is 7. The van der Waals surface area contributed by atoms with Crippen LogP contribution in [0.15, 0.2) is 41.7 Å². The number of hydrogen-bond acceptors (Lipinski definition) is 6. The van der Waals surface area contributed by atoms with Gasteiger partial charge in [-0.05, 0) is 49.1 Å². The van der Waals surface area contributed by atoms with Crippen molar-refractivity contribution in [3.63, 3.8) is 0 Å². The topological polar surface area (TPSA) is 101 Å². The molecule has 1 aliphatic carbocycles. The van der Waals surface area contributed by atoms with Crippen LogP contribution in [0.4, 0.5) is 11.4 Å². The van der Waals surface area contributed by atoms with Crippen molar-refractivity contribution < 1.29 is 14.3 Å². The number of carbonyl (C=O) groups is 1. The van der Waals surface area contributed by atoms with Gasteiger partial charge in [0.2, 0.25) is 6.41 Å². The van der Waals surface area contributed by atoms with Crippen LogP contribution >= 0.6 is 0 Å². The first kappa shape index (κ1) is 19.7. The number of nitrogens with zero attached hydrogens (tertiary/aromatic N) is 1. The molecular weight excluding hydrogens is 368 g/mol. The third kappa shape index (κ3) is 4.52. The molecule has 2 saturated heterocycles. The summed E-state index contributed by atoms with van der Waals surface area (Å²) in [6.45, 7) is 3.88. The van der Waals surface area contributed by atoms with Crippen molar-refractivity contribution in [2.24, 2.45) is 0 Å². The average Bonchev–Trinajstić information content (AvgIpc) is 2.70. The second kappa shape index (κ2) is 8.80. The van der Waals surface area contributed by atoms with E-state index in [2.05, 4.69) is 10.2 Å². The number of nitrogens with two attached hydrogens (primary N) is 1. The van der Waals surface area contributed by atoms with E-state index in [4.69, 9.17) is 20.6 Å². The Bertz CT molecular complexity index is 836. The Hall–Kier alpha value is -2.64. The fourth-order valence-corrected chi connectivity index (χ4v) is 4.04. The summed E-state index contributed by atoms with van der Waals surface area (Å²) >= 11 is 0. The number of carbonyl (C=O) groups excluding carboxylic acids is 1. The number of amides is 1. The molecule has 0 spiro atoms.